The number of sulfonamides is 1. The summed E-state index contributed by atoms with van der Waals surface area (Å²) in [4.78, 5) is 16.0. The van der Waals surface area contributed by atoms with Crippen LogP contribution in [0, 0.1) is 0 Å². The van der Waals surface area contributed by atoms with E-state index >= 15 is 0 Å². The molecule has 0 bridgehead atoms. The number of hydrogen-bond donors (Lipinski definition) is 0. The lowest BCUT2D eigenvalue weighted by Gasteiger charge is -2.35. The van der Waals surface area contributed by atoms with E-state index in [1.54, 1.807) is 18.9 Å². The van der Waals surface area contributed by atoms with Gasteiger partial charge in [-0.05, 0) is 71.0 Å². The van der Waals surface area contributed by atoms with Crippen LogP contribution in [-0.2, 0) is 25.7 Å². The fraction of sp³-hybridized carbons (Fsp3) is 0.682. The third-order valence-corrected chi connectivity index (χ3v) is 7.94. The van der Waals surface area contributed by atoms with Crippen LogP contribution in [0.3, 0.4) is 0 Å². The van der Waals surface area contributed by atoms with Crippen molar-refractivity contribution in [3.05, 3.63) is 29.8 Å². The van der Waals surface area contributed by atoms with Crippen molar-refractivity contribution in [2.24, 2.45) is 0 Å². The lowest BCUT2D eigenvalue weighted by atomic mass is 9.93. The molecular weight excluding hydrogens is 459 g/mol. The Labute approximate surface area is 194 Å². The monoisotopic (exact) mass is 493 g/mol. The molecule has 2 rings (SSSR count). The summed E-state index contributed by atoms with van der Waals surface area (Å²) in [5.41, 5.74) is -0.891. The summed E-state index contributed by atoms with van der Waals surface area (Å²) in [6.07, 6.45) is -2.99. The van der Waals surface area contributed by atoms with Crippen LogP contribution in [0.15, 0.2) is 29.2 Å². The Morgan fingerprint density at radius 2 is 1.58 bits per heavy atom. The van der Waals surface area contributed by atoms with Crippen molar-refractivity contribution < 1.29 is 31.1 Å². The number of carbonyl (C=O) groups excluding carboxylic acids is 1. The van der Waals surface area contributed by atoms with Crippen molar-refractivity contribution in [2.75, 3.05) is 41.3 Å². The van der Waals surface area contributed by atoms with Crippen LogP contribution in [0.1, 0.15) is 38.2 Å². The van der Waals surface area contributed by atoms with Crippen LogP contribution < -0.4 is 0 Å². The quantitative estimate of drug-likeness (QED) is 0.529. The summed E-state index contributed by atoms with van der Waals surface area (Å²) < 4.78 is 71.2. The summed E-state index contributed by atoms with van der Waals surface area (Å²) in [6.45, 7) is 3.07. The number of hydrogen-bond acceptors (Lipinski definition) is 5. The lowest BCUT2D eigenvalue weighted by Crippen LogP contribution is -2.43. The van der Waals surface area contributed by atoms with Gasteiger partial charge in [0, 0.05) is 33.2 Å². The van der Waals surface area contributed by atoms with Gasteiger partial charge < -0.3 is 14.5 Å². The second-order valence-electron chi connectivity index (χ2n) is 8.82. The number of benzene rings is 1. The van der Waals surface area contributed by atoms with E-state index in [2.05, 4.69) is 0 Å². The van der Waals surface area contributed by atoms with Crippen molar-refractivity contribution >= 4 is 15.9 Å². The van der Waals surface area contributed by atoms with E-state index in [9.17, 15) is 26.4 Å². The molecule has 0 radical (unpaired) electrons. The predicted molar refractivity (Wildman–Crippen MR) is 119 cm³/mol. The Bertz CT molecular complexity index is 883. The van der Waals surface area contributed by atoms with Gasteiger partial charge in [-0.15, -0.1) is 0 Å². The molecule has 0 spiro atoms. The number of halogens is 3. The summed E-state index contributed by atoms with van der Waals surface area (Å²) in [6, 6.07) is 3.25. The topological polar surface area (TPSA) is 70.2 Å². The van der Waals surface area contributed by atoms with Gasteiger partial charge in [0.05, 0.1) is 16.6 Å². The Hall–Kier alpha value is -1.69. The molecule has 0 N–H and O–H groups in total. The molecule has 7 nitrogen and oxygen atoms in total. The van der Waals surface area contributed by atoms with Crippen molar-refractivity contribution in [1.82, 2.24) is 14.1 Å². The Morgan fingerprint density at radius 3 is 2.06 bits per heavy atom. The van der Waals surface area contributed by atoms with E-state index in [1.807, 2.05) is 19.0 Å². The van der Waals surface area contributed by atoms with E-state index in [4.69, 9.17) is 4.74 Å². The van der Waals surface area contributed by atoms with E-state index in [0.717, 1.165) is 30.8 Å². The third-order valence-electron chi connectivity index (χ3n) is 6.02. The summed E-state index contributed by atoms with van der Waals surface area (Å²) in [7, 11) is 3.14. The van der Waals surface area contributed by atoms with Crippen molar-refractivity contribution in [2.45, 2.75) is 61.9 Å². The van der Waals surface area contributed by atoms with Crippen LogP contribution in [0.2, 0.25) is 0 Å². The number of rotatable bonds is 9. The first-order valence-corrected chi connectivity index (χ1v) is 12.4. The van der Waals surface area contributed by atoms with Gasteiger partial charge >= 0.3 is 6.18 Å². The number of ether oxygens (including phenoxy) is 1. The molecule has 11 heteroatoms. The van der Waals surface area contributed by atoms with Crippen LogP contribution in [0.4, 0.5) is 13.2 Å². The summed E-state index contributed by atoms with van der Waals surface area (Å²) >= 11 is 0. The molecule has 1 saturated carbocycles. The molecule has 0 saturated heterocycles. The van der Waals surface area contributed by atoms with Gasteiger partial charge in [0.1, 0.15) is 6.10 Å². The number of nitrogens with zero attached hydrogens (tertiary/aromatic N) is 3. The van der Waals surface area contributed by atoms with Gasteiger partial charge in [-0.25, -0.2) is 8.42 Å². The molecular formula is C22H34F3N3O4S. The Kier molecular flexibility index (Phi) is 9.32. The highest BCUT2D eigenvalue weighted by atomic mass is 32.2. The molecule has 0 aromatic heterocycles. The highest BCUT2D eigenvalue weighted by molar-refractivity contribution is 7.89. The lowest BCUT2D eigenvalue weighted by molar-refractivity contribution is -0.146. The van der Waals surface area contributed by atoms with Gasteiger partial charge in [0.25, 0.3) is 5.91 Å². The van der Waals surface area contributed by atoms with E-state index in [0.29, 0.717) is 32.2 Å². The maximum absolute atomic E-state index is 12.9. The molecule has 1 unspecified atom stereocenters. The van der Waals surface area contributed by atoms with Crippen LogP contribution in [0.5, 0.6) is 0 Å². The highest BCUT2D eigenvalue weighted by Crippen LogP contribution is 2.32. The highest BCUT2D eigenvalue weighted by Gasteiger charge is 2.34. The predicted octanol–water partition coefficient (Wildman–Crippen LogP) is 3.06. The molecule has 1 fully saturated rings. The second-order valence-corrected chi connectivity index (χ2v) is 10.8. The smallest absolute Gasteiger partial charge is 0.365 e. The maximum atomic E-state index is 12.9. The number of amides is 1. The molecule has 1 aliphatic carbocycles. The minimum absolute atomic E-state index is 0.0963. The average molecular weight is 494 g/mol. The SMILES string of the molecule is CC(O[C@H]1CC[C@H](N(C)S(=O)(=O)c2ccc(C(F)(F)F)cc2)CC1)C(=O)N(C)CCN(C)C. The fourth-order valence-corrected chi connectivity index (χ4v) is 5.26. The summed E-state index contributed by atoms with van der Waals surface area (Å²) in [5.74, 6) is -0.0963. The molecule has 1 amide bonds. The second kappa shape index (κ2) is 11.2. The maximum Gasteiger partial charge on any atom is 0.416 e. The van der Waals surface area contributed by atoms with Crippen LogP contribution in [0.25, 0.3) is 0 Å². The molecule has 0 aliphatic heterocycles. The average Bonchev–Trinajstić information content (AvgIpc) is 2.76. The zero-order valence-electron chi connectivity index (χ0n) is 19.8. The standard InChI is InChI=1S/C22H34F3N3O4S/c1-16(21(29)27(4)15-14-26(2)3)32-19-10-8-18(9-11-19)28(5)33(30,31)20-12-6-17(7-13-20)22(23,24)25/h6-7,12-13,16,18-19H,8-11,14-15H2,1-5H3/t16?,18-,19-. The first-order chi connectivity index (χ1) is 15.2. The first-order valence-electron chi connectivity index (χ1n) is 10.9. The van der Waals surface area contributed by atoms with E-state index in [1.165, 1.54) is 11.4 Å². The van der Waals surface area contributed by atoms with Crippen molar-refractivity contribution in [3.63, 3.8) is 0 Å². The van der Waals surface area contributed by atoms with E-state index < -0.39 is 27.9 Å². The van der Waals surface area contributed by atoms with Gasteiger partial charge in [0.2, 0.25) is 10.0 Å². The fourth-order valence-electron chi connectivity index (χ4n) is 3.84. The molecule has 1 aromatic carbocycles. The number of carbonyl (C=O) groups is 1. The largest absolute Gasteiger partial charge is 0.416 e. The first kappa shape index (κ1) is 27.6. The van der Waals surface area contributed by atoms with Crippen molar-refractivity contribution in [3.8, 4) is 0 Å². The zero-order chi connectivity index (χ0) is 25.0. The number of alkyl halides is 3. The van der Waals surface area contributed by atoms with Crippen molar-refractivity contribution in [1.29, 1.82) is 0 Å². The normalized spacial score (nSPS) is 20.8. The minimum Gasteiger partial charge on any atom is -0.365 e. The molecule has 1 atom stereocenters. The van der Waals surface area contributed by atoms with Gasteiger partial charge in [-0.3, -0.25) is 4.79 Å². The van der Waals surface area contributed by atoms with Crippen LogP contribution >= 0.6 is 0 Å². The molecule has 33 heavy (non-hydrogen) atoms. The van der Waals surface area contributed by atoms with E-state index in [-0.39, 0.29) is 22.9 Å². The zero-order valence-corrected chi connectivity index (χ0v) is 20.6. The number of likely N-dealkylation sites (N-methyl/N-ethyl adjacent to an activating group) is 2. The van der Waals surface area contributed by atoms with Gasteiger partial charge in [-0.1, -0.05) is 0 Å². The molecule has 1 aromatic rings. The van der Waals surface area contributed by atoms with Crippen LogP contribution in [-0.4, -0.2) is 88.0 Å². The molecule has 1 aliphatic rings. The summed E-state index contributed by atoms with van der Waals surface area (Å²) in [5, 5.41) is 0. The minimum atomic E-state index is -4.52. The van der Waals surface area contributed by atoms with Gasteiger partial charge in [0.15, 0.2) is 0 Å². The Morgan fingerprint density at radius 1 is 1.03 bits per heavy atom. The van der Waals surface area contributed by atoms with Gasteiger partial charge in [-0.2, -0.15) is 17.5 Å². The molecule has 0 heterocycles. The Balaban J connectivity index is 1.91. The molecule has 188 valence electrons. The third kappa shape index (κ3) is 7.40.